The van der Waals surface area contributed by atoms with E-state index in [1.807, 2.05) is 13.8 Å². The summed E-state index contributed by atoms with van der Waals surface area (Å²) in [5, 5.41) is 0. The molecule has 0 heterocycles. The molecule has 0 aliphatic carbocycles. The number of hydrogen-bond donors (Lipinski definition) is 0. The van der Waals surface area contributed by atoms with Gasteiger partial charge < -0.3 is 0 Å². The molecule has 0 bridgehead atoms. The van der Waals surface area contributed by atoms with Gasteiger partial charge >= 0.3 is 0 Å². The molecule has 0 aromatic rings. The second kappa shape index (κ2) is 6.24. The summed E-state index contributed by atoms with van der Waals surface area (Å²) in [7, 11) is 0. The van der Waals surface area contributed by atoms with Crippen molar-refractivity contribution in [1.29, 1.82) is 0 Å². The maximum absolute atomic E-state index is 7.60. The lowest BCUT2D eigenvalue weighted by molar-refractivity contribution is 0.507. The maximum atomic E-state index is 7.60. The van der Waals surface area contributed by atoms with E-state index in [4.69, 9.17) is 5.73 Å². The van der Waals surface area contributed by atoms with Gasteiger partial charge in [-0.1, -0.05) is 31.9 Å². The molecule has 71 valence electrons. The molecule has 0 unspecified atom stereocenters. The Morgan fingerprint density at radius 3 is 2.33 bits per heavy atom. The first-order chi connectivity index (χ1) is 5.56. The van der Waals surface area contributed by atoms with Crippen LogP contribution in [0, 0.1) is 0 Å². The molecule has 0 spiro atoms. The van der Waals surface area contributed by atoms with Gasteiger partial charge in [-0.05, 0) is 33.1 Å². The van der Waals surface area contributed by atoms with Crippen LogP contribution in [0.2, 0.25) is 0 Å². The van der Waals surface area contributed by atoms with E-state index in [2.05, 4.69) is 19.1 Å². The maximum Gasteiger partial charge on any atom is 0.0302 e. The summed E-state index contributed by atoms with van der Waals surface area (Å²) in [5.74, 6) is 0. The lowest BCUT2D eigenvalue weighted by Crippen LogP contribution is -2.19. The Kier molecular flexibility index (Phi) is 6.09. The predicted octanol–water partition coefficient (Wildman–Crippen LogP) is 3.57. The smallest absolute Gasteiger partial charge is 0.0302 e. The Hall–Kier alpha value is -0.300. The predicted molar refractivity (Wildman–Crippen MR) is 55.1 cm³/mol. The molecule has 0 saturated heterocycles. The quantitative estimate of drug-likeness (QED) is 0.427. The fourth-order valence-corrected chi connectivity index (χ4v) is 1.01. The Morgan fingerprint density at radius 2 is 1.83 bits per heavy atom. The SMILES string of the molecule is CCCCCC=CCC(C)(C)[NH]. The van der Waals surface area contributed by atoms with Gasteiger partial charge in [0.05, 0.1) is 0 Å². The van der Waals surface area contributed by atoms with E-state index in [-0.39, 0.29) is 5.54 Å². The number of unbranched alkanes of at least 4 members (excludes halogenated alkanes) is 3. The zero-order valence-corrected chi connectivity index (χ0v) is 8.69. The third kappa shape index (κ3) is 9.70. The number of nitrogens with one attached hydrogen (secondary N) is 1. The first kappa shape index (κ1) is 11.7. The van der Waals surface area contributed by atoms with Gasteiger partial charge in [0.1, 0.15) is 0 Å². The highest BCUT2D eigenvalue weighted by molar-refractivity contribution is 4.89. The summed E-state index contributed by atoms with van der Waals surface area (Å²) in [6, 6.07) is 0. The van der Waals surface area contributed by atoms with Crippen molar-refractivity contribution < 1.29 is 0 Å². The minimum atomic E-state index is -0.290. The van der Waals surface area contributed by atoms with Crippen molar-refractivity contribution >= 4 is 0 Å². The van der Waals surface area contributed by atoms with E-state index >= 15 is 0 Å². The molecule has 1 heteroatoms. The monoisotopic (exact) mass is 168 g/mol. The zero-order chi connectivity index (χ0) is 9.45. The molecule has 0 fully saturated rings. The highest BCUT2D eigenvalue weighted by atomic mass is 14.7. The molecule has 1 nitrogen and oxygen atoms in total. The van der Waals surface area contributed by atoms with Crippen molar-refractivity contribution in [2.24, 2.45) is 0 Å². The molecule has 1 radical (unpaired) electrons. The molecule has 0 aliphatic heterocycles. The van der Waals surface area contributed by atoms with Crippen molar-refractivity contribution in [3.63, 3.8) is 0 Å². The lowest BCUT2D eigenvalue weighted by Gasteiger charge is -2.13. The van der Waals surface area contributed by atoms with Crippen LogP contribution in [0.25, 0.3) is 0 Å². The van der Waals surface area contributed by atoms with Crippen molar-refractivity contribution in [3.8, 4) is 0 Å². The van der Waals surface area contributed by atoms with Crippen molar-refractivity contribution in [2.45, 2.75) is 58.4 Å². The van der Waals surface area contributed by atoms with Crippen LogP contribution in [0.3, 0.4) is 0 Å². The van der Waals surface area contributed by atoms with Crippen molar-refractivity contribution in [3.05, 3.63) is 12.2 Å². The van der Waals surface area contributed by atoms with Crippen LogP contribution >= 0.6 is 0 Å². The Labute approximate surface area is 77.0 Å². The molecule has 0 atom stereocenters. The summed E-state index contributed by atoms with van der Waals surface area (Å²) in [6.07, 6.45) is 10.3. The van der Waals surface area contributed by atoms with E-state index in [9.17, 15) is 0 Å². The molecule has 0 rings (SSSR count). The fourth-order valence-electron chi connectivity index (χ4n) is 1.01. The van der Waals surface area contributed by atoms with E-state index in [1.54, 1.807) is 0 Å². The summed E-state index contributed by atoms with van der Waals surface area (Å²) < 4.78 is 0. The van der Waals surface area contributed by atoms with Crippen LogP contribution in [0.1, 0.15) is 52.9 Å². The van der Waals surface area contributed by atoms with Crippen LogP contribution in [-0.2, 0) is 0 Å². The summed E-state index contributed by atoms with van der Waals surface area (Å²) in [6.45, 7) is 6.11. The Balaban J connectivity index is 3.26. The zero-order valence-electron chi connectivity index (χ0n) is 8.69. The first-order valence-electron chi connectivity index (χ1n) is 4.96. The van der Waals surface area contributed by atoms with Gasteiger partial charge in [0, 0.05) is 5.54 Å². The number of hydrogen-bond acceptors (Lipinski definition) is 0. The largest absolute Gasteiger partial charge is 0.251 e. The van der Waals surface area contributed by atoms with E-state index < -0.39 is 0 Å². The van der Waals surface area contributed by atoms with E-state index in [1.165, 1.54) is 25.7 Å². The second-order valence-corrected chi connectivity index (χ2v) is 4.06. The minimum absolute atomic E-state index is 0.290. The average Bonchev–Trinajstić information content (AvgIpc) is 1.94. The van der Waals surface area contributed by atoms with Gasteiger partial charge in [-0.25, -0.2) is 0 Å². The summed E-state index contributed by atoms with van der Waals surface area (Å²) in [5.41, 5.74) is 7.31. The average molecular weight is 168 g/mol. The lowest BCUT2D eigenvalue weighted by atomic mass is 10.0. The Morgan fingerprint density at radius 1 is 1.17 bits per heavy atom. The topological polar surface area (TPSA) is 23.8 Å². The van der Waals surface area contributed by atoms with Gasteiger partial charge in [-0.2, -0.15) is 0 Å². The van der Waals surface area contributed by atoms with Crippen LogP contribution < -0.4 is 5.73 Å². The highest BCUT2D eigenvalue weighted by Crippen LogP contribution is 2.07. The molecule has 12 heavy (non-hydrogen) atoms. The summed E-state index contributed by atoms with van der Waals surface area (Å²) >= 11 is 0. The molecule has 1 N–H and O–H groups in total. The van der Waals surface area contributed by atoms with Gasteiger partial charge in [-0.15, -0.1) is 0 Å². The van der Waals surface area contributed by atoms with Crippen molar-refractivity contribution in [2.75, 3.05) is 0 Å². The van der Waals surface area contributed by atoms with Gasteiger partial charge in [0.25, 0.3) is 0 Å². The third-order valence-corrected chi connectivity index (χ3v) is 1.77. The molecule has 0 aromatic carbocycles. The van der Waals surface area contributed by atoms with Crippen molar-refractivity contribution in [1.82, 2.24) is 5.73 Å². The Bertz CT molecular complexity index is 119. The molecule has 0 aromatic heterocycles. The van der Waals surface area contributed by atoms with Crippen LogP contribution in [-0.4, -0.2) is 5.54 Å². The summed E-state index contributed by atoms with van der Waals surface area (Å²) in [4.78, 5) is 0. The van der Waals surface area contributed by atoms with Crippen LogP contribution in [0.4, 0.5) is 0 Å². The first-order valence-corrected chi connectivity index (χ1v) is 4.96. The molecule has 0 saturated carbocycles. The van der Waals surface area contributed by atoms with Gasteiger partial charge in [0.2, 0.25) is 0 Å². The fraction of sp³-hybridized carbons (Fsp3) is 0.818. The minimum Gasteiger partial charge on any atom is -0.251 e. The molecular weight excluding hydrogens is 146 g/mol. The third-order valence-electron chi connectivity index (χ3n) is 1.77. The van der Waals surface area contributed by atoms with E-state index in [0.717, 1.165) is 6.42 Å². The van der Waals surface area contributed by atoms with Crippen LogP contribution in [0.15, 0.2) is 12.2 Å². The normalized spacial score (nSPS) is 12.7. The van der Waals surface area contributed by atoms with Crippen LogP contribution in [0.5, 0.6) is 0 Å². The van der Waals surface area contributed by atoms with Gasteiger partial charge in [-0.3, -0.25) is 5.73 Å². The number of rotatable bonds is 6. The highest BCUT2D eigenvalue weighted by Gasteiger charge is 2.07. The molecule has 0 amide bonds. The standard InChI is InChI=1S/C11H22N/c1-4-5-6-7-8-9-10-11(2,3)12/h8-9,12H,4-7,10H2,1-3H3. The molecule has 0 aliphatic rings. The number of allylic oxidation sites excluding steroid dienone is 1. The second-order valence-electron chi connectivity index (χ2n) is 4.06. The van der Waals surface area contributed by atoms with E-state index in [0.29, 0.717) is 0 Å². The molecular formula is C11H22N. The van der Waals surface area contributed by atoms with Gasteiger partial charge in [0.15, 0.2) is 0 Å².